The second-order valence-corrected chi connectivity index (χ2v) is 6.00. The fraction of sp³-hybridized carbons (Fsp3) is 0.316. The quantitative estimate of drug-likeness (QED) is 0.802. The van der Waals surface area contributed by atoms with Crippen molar-refractivity contribution in [1.29, 1.82) is 0 Å². The molecule has 1 aromatic carbocycles. The number of carbonyl (C=O) groups excluding carboxylic acids is 2. The molecule has 0 bridgehead atoms. The Morgan fingerprint density at radius 1 is 1.08 bits per heavy atom. The van der Waals surface area contributed by atoms with Crippen molar-refractivity contribution in [3.05, 3.63) is 48.2 Å². The molecule has 0 unspecified atom stereocenters. The second-order valence-electron chi connectivity index (χ2n) is 6.00. The average molecular weight is 355 g/mol. The third-order valence-electron chi connectivity index (χ3n) is 4.20. The molecule has 0 saturated carbocycles. The molecule has 7 heteroatoms. The number of esters is 1. The summed E-state index contributed by atoms with van der Waals surface area (Å²) in [5.41, 5.74) is 1.94. The van der Waals surface area contributed by atoms with E-state index in [4.69, 9.17) is 4.74 Å². The first-order valence-electron chi connectivity index (χ1n) is 8.46. The normalized spacial score (nSPS) is 14.5. The van der Waals surface area contributed by atoms with Gasteiger partial charge < -0.3 is 20.1 Å². The van der Waals surface area contributed by atoms with Crippen LogP contribution in [0.4, 0.5) is 17.2 Å². The van der Waals surface area contributed by atoms with E-state index in [1.807, 2.05) is 0 Å². The van der Waals surface area contributed by atoms with Crippen LogP contribution in [-0.4, -0.2) is 37.2 Å². The molecule has 1 fully saturated rings. The highest BCUT2D eigenvalue weighted by Gasteiger charge is 2.21. The fourth-order valence-corrected chi connectivity index (χ4v) is 2.70. The van der Waals surface area contributed by atoms with Crippen LogP contribution in [0.25, 0.3) is 0 Å². The van der Waals surface area contributed by atoms with Gasteiger partial charge in [-0.15, -0.1) is 0 Å². The van der Waals surface area contributed by atoms with E-state index in [0.29, 0.717) is 30.3 Å². The van der Waals surface area contributed by atoms with Gasteiger partial charge in [0.05, 0.1) is 24.6 Å². The Hall–Kier alpha value is -2.93. The summed E-state index contributed by atoms with van der Waals surface area (Å²) in [7, 11) is 1.35. The Labute approximate surface area is 151 Å². The number of benzene rings is 1. The van der Waals surface area contributed by atoms with E-state index < -0.39 is 0 Å². The smallest absolute Gasteiger partial charge is 0.337 e. The zero-order valence-electron chi connectivity index (χ0n) is 14.5. The van der Waals surface area contributed by atoms with Crippen molar-refractivity contribution in [2.45, 2.75) is 12.8 Å². The molecule has 26 heavy (non-hydrogen) atoms. The summed E-state index contributed by atoms with van der Waals surface area (Å²) in [5, 5.41) is 6.03. The first-order chi connectivity index (χ1) is 12.7. The first kappa shape index (κ1) is 17.9. The molecule has 0 atom stereocenters. The summed E-state index contributed by atoms with van der Waals surface area (Å²) in [6, 6.07) is 10.5. The second kappa shape index (κ2) is 8.44. The zero-order valence-corrected chi connectivity index (χ0v) is 14.5. The van der Waals surface area contributed by atoms with E-state index >= 15 is 0 Å². The number of methoxy groups -OCH3 is 1. The molecule has 136 valence electrons. The van der Waals surface area contributed by atoms with Gasteiger partial charge in [-0.3, -0.25) is 4.79 Å². The number of aromatic nitrogens is 1. The van der Waals surface area contributed by atoms with Gasteiger partial charge in [-0.05, 0) is 49.2 Å². The molecule has 2 N–H and O–H groups in total. The molecule has 2 aromatic rings. The first-order valence-corrected chi connectivity index (χ1v) is 8.46. The van der Waals surface area contributed by atoms with Crippen molar-refractivity contribution in [3.63, 3.8) is 0 Å². The number of anilines is 3. The molecule has 1 aromatic heterocycles. The van der Waals surface area contributed by atoms with Gasteiger partial charge in [0.15, 0.2) is 0 Å². The number of hydrogen-bond donors (Lipinski definition) is 2. The van der Waals surface area contributed by atoms with Crippen LogP contribution in [0.3, 0.4) is 0 Å². The molecule has 3 rings (SSSR count). The molecule has 1 aliphatic heterocycles. The van der Waals surface area contributed by atoms with Crippen LogP contribution >= 0.6 is 0 Å². The topological polar surface area (TPSA) is 89.6 Å². The van der Waals surface area contributed by atoms with Gasteiger partial charge in [-0.25, -0.2) is 9.78 Å². The lowest BCUT2D eigenvalue weighted by Gasteiger charge is -2.21. The fourth-order valence-electron chi connectivity index (χ4n) is 2.70. The average Bonchev–Trinajstić information content (AvgIpc) is 2.70. The van der Waals surface area contributed by atoms with Crippen molar-refractivity contribution >= 4 is 29.1 Å². The predicted octanol–water partition coefficient (Wildman–Crippen LogP) is 2.98. The number of amides is 1. The minimum absolute atomic E-state index is 0.00474. The van der Waals surface area contributed by atoms with E-state index in [0.717, 1.165) is 18.5 Å². The third kappa shape index (κ3) is 4.58. The van der Waals surface area contributed by atoms with Gasteiger partial charge >= 0.3 is 5.97 Å². The molecular formula is C19H21N3O4. The van der Waals surface area contributed by atoms with E-state index in [2.05, 4.69) is 20.4 Å². The van der Waals surface area contributed by atoms with Crippen LogP contribution < -0.4 is 10.6 Å². The number of nitrogens with zero attached hydrogens (tertiary/aromatic N) is 1. The standard InChI is InChI=1S/C19H21N3O4/c1-25-19(24)14-2-4-15(5-3-14)21-17-7-6-16(12-20-17)22-18(23)13-8-10-26-11-9-13/h2-7,12-13H,8-11H2,1H3,(H,20,21)(H,22,23). The van der Waals surface area contributed by atoms with Crippen molar-refractivity contribution < 1.29 is 19.1 Å². The molecule has 0 aliphatic carbocycles. The molecule has 1 aliphatic rings. The van der Waals surface area contributed by atoms with Crippen LogP contribution in [-0.2, 0) is 14.3 Å². The SMILES string of the molecule is COC(=O)c1ccc(Nc2ccc(NC(=O)C3CCOCC3)cn2)cc1. The van der Waals surface area contributed by atoms with Crippen molar-refractivity contribution in [3.8, 4) is 0 Å². The highest BCUT2D eigenvalue weighted by molar-refractivity contribution is 5.92. The lowest BCUT2D eigenvalue weighted by molar-refractivity contribution is -0.122. The van der Waals surface area contributed by atoms with Gasteiger partial charge in [-0.2, -0.15) is 0 Å². The number of carbonyl (C=O) groups is 2. The van der Waals surface area contributed by atoms with Crippen LogP contribution in [0.1, 0.15) is 23.2 Å². The number of ether oxygens (including phenoxy) is 2. The number of nitrogens with one attached hydrogen (secondary N) is 2. The van der Waals surface area contributed by atoms with E-state index in [-0.39, 0.29) is 17.8 Å². The maximum atomic E-state index is 12.2. The molecule has 1 saturated heterocycles. The Bertz CT molecular complexity index is 753. The minimum Gasteiger partial charge on any atom is -0.465 e. The summed E-state index contributed by atoms with van der Waals surface area (Å²) in [6.07, 6.45) is 3.11. The number of rotatable bonds is 5. The predicted molar refractivity (Wildman–Crippen MR) is 97.5 cm³/mol. The molecule has 1 amide bonds. The summed E-state index contributed by atoms with van der Waals surface area (Å²) in [4.78, 5) is 27.9. The molecular weight excluding hydrogens is 334 g/mol. The van der Waals surface area contributed by atoms with E-state index in [1.165, 1.54) is 7.11 Å². The van der Waals surface area contributed by atoms with Crippen molar-refractivity contribution in [1.82, 2.24) is 4.98 Å². The summed E-state index contributed by atoms with van der Waals surface area (Å²) in [5.74, 6) is 0.267. The Kier molecular flexibility index (Phi) is 5.80. The van der Waals surface area contributed by atoms with Gasteiger partial charge in [-0.1, -0.05) is 0 Å². The zero-order chi connectivity index (χ0) is 18.4. The van der Waals surface area contributed by atoms with Gasteiger partial charge in [0.1, 0.15) is 5.82 Å². The molecule has 0 spiro atoms. The minimum atomic E-state index is -0.376. The van der Waals surface area contributed by atoms with Crippen molar-refractivity contribution in [2.75, 3.05) is 31.0 Å². The third-order valence-corrected chi connectivity index (χ3v) is 4.20. The summed E-state index contributed by atoms with van der Waals surface area (Å²) in [6.45, 7) is 1.27. The van der Waals surface area contributed by atoms with E-state index in [9.17, 15) is 9.59 Å². The van der Waals surface area contributed by atoms with Crippen LogP contribution in [0, 0.1) is 5.92 Å². The monoisotopic (exact) mass is 355 g/mol. The molecule has 0 radical (unpaired) electrons. The van der Waals surface area contributed by atoms with Crippen LogP contribution in [0.2, 0.25) is 0 Å². The molecule has 7 nitrogen and oxygen atoms in total. The lowest BCUT2D eigenvalue weighted by Crippen LogP contribution is -2.28. The maximum Gasteiger partial charge on any atom is 0.337 e. The van der Waals surface area contributed by atoms with Crippen LogP contribution in [0.15, 0.2) is 42.6 Å². The maximum absolute atomic E-state index is 12.2. The Balaban J connectivity index is 1.57. The van der Waals surface area contributed by atoms with Gasteiger partial charge in [0, 0.05) is 24.8 Å². The van der Waals surface area contributed by atoms with Crippen molar-refractivity contribution in [2.24, 2.45) is 5.92 Å². The Morgan fingerprint density at radius 2 is 1.77 bits per heavy atom. The largest absolute Gasteiger partial charge is 0.465 e. The van der Waals surface area contributed by atoms with Gasteiger partial charge in [0.2, 0.25) is 5.91 Å². The summed E-state index contributed by atoms with van der Waals surface area (Å²) >= 11 is 0. The van der Waals surface area contributed by atoms with E-state index in [1.54, 1.807) is 42.6 Å². The lowest BCUT2D eigenvalue weighted by atomic mass is 9.99. The summed E-state index contributed by atoms with van der Waals surface area (Å²) < 4.78 is 9.94. The number of pyridine rings is 1. The molecule has 2 heterocycles. The van der Waals surface area contributed by atoms with Gasteiger partial charge in [0.25, 0.3) is 0 Å². The highest BCUT2D eigenvalue weighted by Crippen LogP contribution is 2.20. The highest BCUT2D eigenvalue weighted by atomic mass is 16.5. The van der Waals surface area contributed by atoms with Crippen LogP contribution in [0.5, 0.6) is 0 Å². The Morgan fingerprint density at radius 3 is 2.38 bits per heavy atom. The number of hydrogen-bond acceptors (Lipinski definition) is 6.